The Morgan fingerprint density at radius 1 is 0.857 bits per heavy atom. The molecule has 3 rings (SSSR count). The molecule has 5 heteroatoms. The topological polar surface area (TPSA) is 84.2 Å². The van der Waals surface area contributed by atoms with E-state index in [1.165, 1.54) is 0 Å². The van der Waals surface area contributed by atoms with Crippen LogP contribution in [0, 0.1) is 6.92 Å². The van der Waals surface area contributed by atoms with Crippen molar-refractivity contribution in [2.45, 2.75) is 19.4 Å². The SMILES string of the molecule is Cc1ccc(C(=O)Nc2cccc(NC(=O)[C@@H](N)Cc3ccccc3)c2)cc1. The maximum Gasteiger partial charge on any atom is 0.255 e. The van der Waals surface area contributed by atoms with Crippen LogP contribution in [-0.2, 0) is 11.2 Å². The summed E-state index contributed by atoms with van der Waals surface area (Å²) in [6.45, 7) is 1.97. The van der Waals surface area contributed by atoms with E-state index in [-0.39, 0.29) is 11.8 Å². The van der Waals surface area contributed by atoms with Crippen molar-refractivity contribution in [1.29, 1.82) is 0 Å². The van der Waals surface area contributed by atoms with Crippen LogP contribution in [0.2, 0.25) is 0 Å². The number of benzene rings is 3. The van der Waals surface area contributed by atoms with Gasteiger partial charge in [0, 0.05) is 16.9 Å². The van der Waals surface area contributed by atoms with Gasteiger partial charge < -0.3 is 16.4 Å². The van der Waals surface area contributed by atoms with E-state index in [1.807, 2.05) is 49.4 Å². The molecule has 0 radical (unpaired) electrons. The van der Waals surface area contributed by atoms with Crippen LogP contribution in [-0.4, -0.2) is 17.9 Å². The van der Waals surface area contributed by atoms with Gasteiger partial charge in [-0.2, -0.15) is 0 Å². The van der Waals surface area contributed by atoms with Crippen molar-refractivity contribution in [3.8, 4) is 0 Å². The second kappa shape index (κ2) is 8.97. The number of rotatable bonds is 6. The summed E-state index contributed by atoms with van der Waals surface area (Å²) < 4.78 is 0. The minimum atomic E-state index is -0.659. The Morgan fingerprint density at radius 2 is 1.50 bits per heavy atom. The molecule has 1 atom stereocenters. The normalized spacial score (nSPS) is 11.5. The lowest BCUT2D eigenvalue weighted by Crippen LogP contribution is -2.37. The Kier molecular flexibility index (Phi) is 6.19. The third kappa shape index (κ3) is 5.28. The number of nitrogens with two attached hydrogens (primary N) is 1. The van der Waals surface area contributed by atoms with Gasteiger partial charge in [0.25, 0.3) is 5.91 Å². The zero-order valence-electron chi connectivity index (χ0n) is 15.7. The van der Waals surface area contributed by atoms with Gasteiger partial charge in [0.05, 0.1) is 6.04 Å². The maximum absolute atomic E-state index is 12.4. The van der Waals surface area contributed by atoms with Crippen LogP contribution in [0.25, 0.3) is 0 Å². The van der Waals surface area contributed by atoms with Crippen molar-refractivity contribution in [1.82, 2.24) is 0 Å². The quantitative estimate of drug-likeness (QED) is 0.615. The van der Waals surface area contributed by atoms with Crippen LogP contribution in [0.15, 0.2) is 78.9 Å². The first-order valence-corrected chi connectivity index (χ1v) is 9.10. The molecule has 0 saturated carbocycles. The summed E-state index contributed by atoms with van der Waals surface area (Å²) in [6, 6.07) is 23.3. The average Bonchev–Trinajstić information content (AvgIpc) is 2.69. The highest BCUT2D eigenvalue weighted by Crippen LogP contribution is 2.17. The van der Waals surface area contributed by atoms with Gasteiger partial charge >= 0.3 is 0 Å². The van der Waals surface area contributed by atoms with E-state index in [0.29, 0.717) is 23.4 Å². The molecule has 2 amide bonds. The number of hydrogen-bond donors (Lipinski definition) is 3. The average molecular weight is 373 g/mol. The number of carbonyl (C=O) groups is 2. The molecule has 0 aliphatic heterocycles. The number of aryl methyl sites for hydroxylation is 1. The summed E-state index contributed by atoms with van der Waals surface area (Å²) in [5, 5.41) is 5.65. The molecule has 3 aromatic rings. The van der Waals surface area contributed by atoms with Crippen molar-refractivity contribution in [2.24, 2.45) is 5.73 Å². The fraction of sp³-hybridized carbons (Fsp3) is 0.130. The molecular formula is C23H23N3O2. The van der Waals surface area contributed by atoms with Crippen LogP contribution in [0.3, 0.4) is 0 Å². The monoisotopic (exact) mass is 373 g/mol. The van der Waals surface area contributed by atoms with Gasteiger partial charge in [-0.25, -0.2) is 0 Å². The molecule has 5 nitrogen and oxygen atoms in total. The summed E-state index contributed by atoms with van der Waals surface area (Å²) in [5.74, 6) is -0.477. The van der Waals surface area contributed by atoms with Gasteiger partial charge in [-0.3, -0.25) is 9.59 Å². The Balaban J connectivity index is 1.61. The first-order chi connectivity index (χ1) is 13.5. The van der Waals surface area contributed by atoms with Gasteiger partial charge in [-0.05, 0) is 49.2 Å². The molecular weight excluding hydrogens is 350 g/mol. The van der Waals surface area contributed by atoms with Gasteiger partial charge in [0.2, 0.25) is 5.91 Å². The predicted octanol–water partition coefficient (Wildman–Crippen LogP) is 3.76. The largest absolute Gasteiger partial charge is 0.325 e. The minimum absolute atomic E-state index is 0.204. The maximum atomic E-state index is 12.4. The number of anilines is 2. The smallest absolute Gasteiger partial charge is 0.255 e. The van der Waals surface area contributed by atoms with Crippen LogP contribution >= 0.6 is 0 Å². The van der Waals surface area contributed by atoms with Crippen LogP contribution in [0.4, 0.5) is 11.4 Å². The van der Waals surface area contributed by atoms with E-state index in [4.69, 9.17) is 5.73 Å². The van der Waals surface area contributed by atoms with Crippen molar-refractivity contribution >= 4 is 23.2 Å². The van der Waals surface area contributed by atoms with Crippen LogP contribution in [0.5, 0.6) is 0 Å². The van der Waals surface area contributed by atoms with Gasteiger partial charge in [-0.1, -0.05) is 54.1 Å². The van der Waals surface area contributed by atoms with Gasteiger partial charge in [0.1, 0.15) is 0 Å². The highest BCUT2D eigenvalue weighted by molar-refractivity contribution is 6.04. The van der Waals surface area contributed by atoms with E-state index in [0.717, 1.165) is 11.1 Å². The summed E-state index contributed by atoms with van der Waals surface area (Å²) in [5.41, 5.74) is 9.87. The number of amides is 2. The zero-order valence-corrected chi connectivity index (χ0v) is 15.7. The second-order valence-corrected chi connectivity index (χ2v) is 6.69. The van der Waals surface area contributed by atoms with Crippen LogP contribution in [0.1, 0.15) is 21.5 Å². The molecule has 3 aromatic carbocycles. The van der Waals surface area contributed by atoms with Crippen molar-refractivity contribution in [3.05, 3.63) is 95.6 Å². The van der Waals surface area contributed by atoms with E-state index in [2.05, 4.69) is 10.6 Å². The molecule has 0 aliphatic rings. The first kappa shape index (κ1) is 19.3. The molecule has 0 fully saturated rings. The minimum Gasteiger partial charge on any atom is -0.325 e. The Bertz CT molecular complexity index is 953. The lowest BCUT2D eigenvalue weighted by molar-refractivity contribution is -0.117. The lowest BCUT2D eigenvalue weighted by atomic mass is 10.1. The fourth-order valence-electron chi connectivity index (χ4n) is 2.78. The number of carbonyl (C=O) groups excluding carboxylic acids is 2. The summed E-state index contributed by atoms with van der Waals surface area (Å²) in [6.07, 6.45) is 0.455. The Labute approximate surface area is 164 Å². The Morgan fingerprint density at radius 3 is 2.18 bits per heavy atom. The zero-order chi connectivity index (χ0) is 19.9. The fourth-order valence-corrected chi connectivity index (χ4v) is 2.78. The summed E-state index contributed by atoms with van der Waals surface area (Å²) >= 11 is 0. The third-order valence-corrected chi connectivity index (χ3v) is 4.34. The second-order valence-electron chi connectivity index (χ2n) is 6.69. The highest BCUT2D eigenvalue weighted by Gasteiger charge is 2.14. The molecule has 0 bridgehead atoms. The lowest BCUT2D eigenvalue weighted by Gasteiger charge is -2.13. The van der Waals surface area contributed by atoms with Crippen molar-refractivity contribution in [2.75, 3.05) is 10.6 Å². The molecule has 0 aliphatic carbocycles. The van der Waals surface area contributed by atoms with Crippen LogP contribution < -0.4 is 16.4 Å². The predicted molar refractivity (Wildman–Crippen MR) is 112 cm³/mol. The van der Waals surface area contributed by atoms with E-state index in [1.54, 1.807) is 36.4 Å². The van der Waals surface area contributed by atoms with Crippen molar-refractivity contribution < 1.29 is 9.59 Å². The summed E-state index contributed by atoms with van der Waals surface area (Å²) in [7, 11) is 0. The molecule has 0 aromatic heterocycles. The van der Waals surface area contributed by atoms with Crippen molar-refractivity contribution in [3.63, 3.8) is 0 Å². The number of hydrogen-bond acceptors (Lipinski definition) is 3. The van der Waals surface area contributed by atoms with E-state index < -0.39 is 6.04 Å². The van der Waals surface area contributed by atoms with Gasteiger partial charge in [0.15, 0.2) is 0 Å². The van der Waals surface area contributed by atoms with Gasteiger partial charge in [-0.15, -0.1) is 0 Å². The third-order valence-electron chi connectivity index (χ3n) is 4.34. The van der Waals surface area contributed by atoms with E-state index >= 15 is 0 Å². The highest BCUT2D eigenvalue weighted by atomic mass is 16.2. The molecule has 0 spiro atoms. The molecule has 28 heavy (non-hydrogen) atoms. The standard InChI is InChI=1S/C23H23N3O2/c1-16-10-12-18(13-11-16)22(27)25-19-8-5-9-20(15-19)26-23(28)21(24)14-17-6-3-2-4-7-17/h2-13,15,21H,14,24H2,1H3,(H,25,27)(H,26,28)/t21-/m0/s1. The molecule has 0 saturated heterocycles. The molecule has 0 unspecified atom stereocenters. The van der Waals surface area contributed by atoms with E-state index in [9.17, 15) is 9.59 Å². The molecule has 4 N–H and O–H groups in total. The Hall–Kier alpha value is -3.44. The molecule has 0 heterocycles. The molecule has 142 valence electrons. The first-order valence-electron chi connectivity index (χ1n) is 9.10. The summed E-state index contributed by atoms with van der Waals surface area (Å²) in [4.78, 5) is 24.7. The number of nitrogens with one attached hydrogen (secondary N) is 2.